The second-order valence-corrected chi connectivity index (χ2v) is 10.1. The summed E-state index contributed by atoms with van der Waals surface area (Å²) in [6.07, 6.45) is 7.53. The monoisotopic (exact) mass is 498 g/mol. The van der Waals surface area contributed by atoms with Crippen molar-refractivity contribution in [2.45, 2.75) is 83.2 Å². The standard InChI is InChI=1S/C27H35ClN4OS/c1-4-5-6-7-8-9-13-26(33)29-18-25-30-31-27(34-19-22-12-10-11-20(2)16-22)32(25)24-17-23(28)15-14-21(24)3/h10-12,14-17H,4-9,13,18-19H2,1-3H3,(H,29,33). The normalized spacial score (nSPS) is 11.1. The SMILES string of the molecule is CCCCCCCCC(=O)NCc1nnc(SCc2cccc(C)c2)n1-c1cc(Cl)ccc1C. The Labute approximate surface area is 212 Å². The van der Waals surface area contributed by atoms with Gasteiger partial charge in [-0.05, 0) is 43.5 Å². The molecule has 0 unspecified atom stereocenters. The number of nitrogens with one attached hydrogen (secondary N) is 1. The average Bonchev–Trinajstić information content (AvgIpc) is 3.22. The van der Waals surface area contributed by atoms with Gasteiger partial charge in [0.2, 0.25) is 5.91 Å². The van der Waals surface area contributed by atoms with Crippen molar-refractivity contribution in [2.75, 3.05) is 0 Å². The predicted octanol–water partition coefficient (Wildman–Crippen LogP) is 7.20. The zero-order valence-corrected chi connectivity index (χ0v) is 22.0. The Balaban J connectivity index is 1.70. The van der Waals surface area contributed by atoms with Crippen molar-refractivity contribution in [1.29, 1.82) is 0 Å². The molecule has 1 N–H and O–H groups in total. The van der Waals surface area contributed by atoms with Gasteiger partial charge in [-0.15, -0.1) is 10.2 Å². The van der Waals surface area contributed by atoms with Gasteiger partial charge in [0.15, 0.2) is 11.0 Å². The van der Waals surface area contributed by atoms with Crippen LogP contribution < -0.4 is 5.32 Å². The number of carbonyl (C=O) groups excluding carboxylic acids is 1. The van der Waals surface area contributed by atoms with Crippen LogP contribution in [-0.2, 0) is 17.1 Å². The maximum atomic E-state index is 12.4. The van der Waals surface area contributed by atoms with Gasteiger partial charge >= 0.3 is 0 Å². The molecule has 0 aliphatic heterocycles. The molecule has 2 aromatic carbocycles. The number of benzene rings is 2. The molecule has 3 aromatic rings. The summed E-state index contributed by atoms with van der Waals surface area (Å²) in [6.45, 7) is 6.68. The van der Waals surface area contributed by atoms with E-state index in [0.29, 0.717) is 23.8 Å². The van der Waals surface area contributed by atoms with Crippen molar-refractivity contribution in [3.63, 3.8) is 0 Å². The summed E-state index contributed by atoms with van der Waals surface area (Å²) >= 11 is 7.96. The zero-order chi connectivity index (χ0) is 24.3. The van der Waals surface area contributed by atoms with Crippen molar-refractivity contribution in [2.24, 2.45) is 0 Å². The predicted molar refractivity (Wildman–Crippen MR) is 142 cm³/mol. The van der Waals surface area contributed by atoms with Gasteiger partial charge in [0.25, 0.3) is 0 Å². The number of unbranched alkanes of at least 4 members (excludes halogenated alkanes) is 5. The van der Waals surface area contributed by atoms with Crippen LogP contribution in [0.5, 0.6) is 0 Å². The lowest BCUT2D eigenvalue weighted by Gasteiger charge is -2.14. The summed E-state index contributed by atoms with van der Waals surface area (Å²) in [4.78, 5) is 12.4. The first-order chi connectivity index (χ1) is 16.5. The van der Waals surface area contributed by atoms with E-state index in [-0.39, 0.29) is 5.91 Å². The molecule has 0 aliphatic carbocycles. The molecule has 0 saturated heterocycles. The van der Waals surface area contributed by atoms with E-state index in [9.17, 15) is 4.79 Å². The first kappa shape index (κ1) is 26.3. The van der Waals surface area contributed by atoms with Gasteiger partial charge < -0.3 is 5.32 Å². The summed E-state index contributed by atoms with van der Waals surface area (Å²) < 4.78 is 2.02. The Morgan fingerprint density at radius 2 is 1.82 bits per heavy atom. The third-order valence-corrected chi connectivity index (χ3v) is 7.00. The van der Waals surface area contributed by atoms with Crippen LogP contribution in [0.1, 0.15) is 74.4 Å². The summed E-state index contributed by atoms with van der Waals surface area (Å²) in [5.41, 5.74) is 4.47. The average molecular weight is 499 g/mol. The molecule has 7 heteroatoms. The number of carbonyl (C=O) groups is 1. The molecule has 5 nitrogen and oxygen atoms in total. The first-order valence-electron chi connectivity index (χ1n) is 12.1. The highest BCUT2D eigenvalue weighted by Crippen LogP contribution is 2.28. The van der Waals surface area contributed by atoms with Crippen LogP contribution in [-0.4, -0.2) is 20.7 Å². The van der Waals surface area contributed by atoms with Gasteiger partial charge in [0.1, 0.15) is 0 Å². The number of hydrogen-bond acceptors (Lipinski definition) is 4. The van der Waals surface area contributed by atoms with Crippen LogP contribution in [0.2, 0.25) is 5.02 Å². The van der Waals surface area contributed by atoms with Gasteiger partial charge in [-0.25, -0.2) is 0 Å². The summed E-state index contributed by atoms with van der Waals surface area (Å²) in [7, 11) is 0. The Morgan fingerprint density at radius 1 is 1.03 bits per heavy atom. The van der Waals surface area contributed by atoms with Crippen LogP contribution in [0.4, 0.5) is 0 Å². The molecule has 1 aromatic heterocycles. The lowest BCUT2D eigenvalue weighted by Crippen LogP contribution is -2.24. The van der Waals surface area contributed by atoms with Gasteiger partial charge in [0.05, 0.1) is 12.2 Å². The molecular weight excluding hydrogens is 464 g/mol. The van der Waals surface area contributed by atoms with Gasteiger partial charge in [0, 0.05) is 17.2 Å². The van der Waals surface area contributed by atoms with Crippen molar-refractivity contribution < 1.29 is 4.79 Å². The van der Waals surface area contributed by atoms with E-state index in [1.165, 1.54) is 36.8 Å². The number of aromatic nitrogens is 3. The smallest absolute Gasteiger partial charge is 0.220 e. The number of aryl methyl sites for hydroxylation is 2. The van der Waals surface area contributed by atoms with E-state index in [0.717, 1.165) is 35.0 Å². The Bertz CT molecular complexity index is 1080. The van der Waals surface area contributed by atoms with Crippen LogP contribution in [0.15, 0.2) is 47.6 Å². The maximum Gasteiger partial charge on any atom is 0.220 e. The Kier molecular flexibility index (Phi) is 10.5. The third-order valence-electron chi connectivity index (χ3n) is 5.76. The number of rotatable bonds is 13. The minimum atomic E-state index is 0.0572. The molecule has 182 valence electrons. The molecule has 0 radical (unpaired) electrons. The van der Waals surface area contributed by atoms with E-state index in [1.54, 1.807) is 11.8 Å². The lowest BCUT2D eigenvalue weighted by atomic mass is 10.1. The van der Waals surface area contributed by atoms with E-state index in [1.807, 2.05) is 29.7 Å². The number of amides is 1. The molecule has 0 fully saturated rings. The van der Waals surface area contributed by atoms with Gasteiger partial charge in [-0.2, -0.15) is 0 Å². The largest absolute Gasteiger partial charge is 0.349 e. The fraction of sp³-hybridized carbons (Fsp3) is 0.444. The fourth-order valence-electron chi connectivity index (χ4n) is 3.86. The van der Waals surface area contributed by atoms with Crippen molar-refractivity contribution >= 4 is 29.3 Å². The van der Waals surface area contributed by atoms with Crippen LogP contribution >= 0.6 is 23.4 Å². The minimum Gasteiger partial charge on any atom is -0.349 e. The van der Waals surface area contributed by atoms with Crippen molar-refractivity contribution in [3.05, 3.63) is 70.0 Å². The van der Waals surface area contributed by atoms with Gasteiger partial charge in [-0.3, -0.25) is 9.36 Å². The second-order valence-electron chi connectivity index (χ2n) is 8.74. The number of hydrogen-bond donors (Lipinski definition) is 1. The minimum absolute atomic E-state index is 0.0572. The molecule has 1 amide bonds. The molecular formula is C27H35ClN4OS. The molecule has 0 atom stereocenters. The summed E-state index contributed by atoms with van der Waals surface area (Å²) in [5, 5.41) is 13.4. The number of nitrogens with zero attached hydrogens (tertiary/aromatic N) is 3. The highest BCUT2D eigenvalue weighted by atomic mass is 35.5. The molecule has 0 spiro atoms. The van der Waals surface area contributed by atoms with E-state index >= 15 is 0 Å². The molecule has 1 heterocycles. The second kappa shape index (κ2) is 13.5. The molecule has 0 saturated carbocycles. The van der Waals surface area contributed by atoms with E-state index in [4.69, 9.17) is 11.6 Å². The quantitative estimate of drug-likeness (QED) is 0.200. The fourth-order valence-corrected chi connectivity index (χ4v) is 4.93. The molecule has 3 rings (SSSR count). The highest BCUT2D eigenvalue weighted by Gasteiger charge is 2.17. The Morgan fingerprint density at radius 3 is 2.62 bits per heavy atom. The maximum absolute atomic E-state index is 12.4. The number of halogens is 1. The highest BCUT2D eigenvalue weighted by molar-refractivity contribution is 7.98. The van der Waals surface area contributed by atoms with Crippen molar-refractivity contribution in [3.8, 4) is 5.69 Å². The summed E-state index contributed by atoms with van der Waals surface area (Å²) in [6, 6.07) is 14.3. The Hall–Kier alpha value is -2.31. The molecule has 34 heavy (non-hydrogen) atoms. The summed E-state index contributed by atoms with van der Waals surface area (Å²) in [5.74, 6) is 1.54. The lowest BCUT2D eigenvalue weighted by molar-refractivity contribution is -0.121. The first-order valence-corrected chi connectivity index (χ1v) is 13.5. The molecule has 0 aliphatic rings. The topological polar surface area (TPSA) is 59.8 Å². The van der Waals surface area contributed by atoms with E-state index < -0.39 is 0 Å². The van der Waals surface area contributed by atoms with Crippen molar-refractivity contribution in [1.82, 2.24) is 20.1 Å². The van der Waals surface area contributed by atoms with E-state index in [2.05, 4.69) is 53.6 Å². The van der Waals surface area contributed by atoms with Crippen LogP contribution in [0, 0.1) is 13.8 Å². The molecule has 0 bridgehead atoms. The van der Waals surface area contributed by atoms with Crippen LogP contribution in [0.25, 0.3) is 5.69 Å². The van der Waals surface area contributed by atoms with Crippen LogP contribution in [0.3, 0.4) is 0 Å². The number of thioether (sulfide) groups is 1. The van der Waals surface area contributed by atoms with Gasteiger partial charge in [-0.1, -0.05) is 98.3 Å². The third kappa shape index (κ3) is 7.88. The zero-order valence-electron chi connectivity index (χ0n) is 20.4.